The highest BCUT2D eigenvalue weighted by molar-refractivity contribution is 7.92. The molecule has 2 aromatic carbocycles. The highest BCUT2D eigenvalue weighted by Gasteiger charge is 2.21. The van der Waals surface area contributed by atoms with Crippen molar-refractivity contribution < 1.29 is 13.2 Å². The van der Waals surface area contributed by atoms with Crippen molar-refractivity contribution in [2.45, 2.75) is 37.6 Å². The molecule has 1 amide bonds. The van der Waals surface area contributed by atoms with Crippen LogP contribution in [0, 0.1) is 13.8 Å². The van der Waals surface area contributed by atoms with E-state index in [9.17, 15) is 13.2 Å². The Balaban J connectivity index is 1.82. The van der Waals surface area contributed by atoms with Gasteiger partial charge >= 0.3 is 0 Å². The van der Waals surface area contributed by atoms with Crippen LogP contribution in [-0.2, 0) is 10.0 Å². The Bertz CT molecular complexity index is 935. The van der Waals surface area contributed by atoms with Gasteiger partial charge in [-0.3, -0.25) is 9.52 Å². The van der Waals surface area contributed by atoms with E-state index in [1.54, 1.807) is 31.2 Å². The third-order valence-corrected chi connectivity index (χ3v) is 6.05. The summed E-state index contributed by atoms with van der Waals surface area (Å²) >= 11 is 0. The summed E-state index contributed by atoms with van der Waals surface area (Å²) in [7, 11) is -3.78. The molecule has 1 fully saturated rings. The van der Waals surface area contributed by atoms with Crippen molar-refractivity contribution in [3.8, 4) is 0 Å². The number of piperidine rings is 1. The molecule has 7 heteroatoms. The molecule has 0 saturated carbocycles. The van der Waals surface area contributed by atoms with Gasteiger partial charge in [-0.15, -0.1) is 0 Å². The molecular formula is C20H25N3O3S. The molecule has 144 valence electrons. The van der Waals surface area contributed by atoms with Gasteiger partial charge in [0.15, 0.2) is 0 Å². The van der Waals surface area contributed by atoms with E-state index < -0.39 is 10.0 Å². The molecule has 3 N–H and O–H groups in total. The van der Waals surface area contributed by atoms with Gasteiger partial charge in [-0.1, -0.05) is 18.2 Å². The lowest BCUT2D eigenvalue weighted by molar-refractivity contribution is 0.0930. The number of anilines is 1. The average molecular weight is 388 g/mol. The van der Waals surface area contributed by atoms with E-state index >= 15 is 0 Å². The van der Waals surface area contributed by atoms with Crippen LogP contribution in [0.5, 0.6) is 0 Å². The summed E-state index contributed by atoms with van der Waals surface area (Å²) in [5.41, 5.74) is 2.58. The van der Waals surface area contributed by atoms with Crippen LogP contribution in [0.15, 0.2) is 47.4 Å². The first-order chi connectivity index (χ1) is 12.8. The number of hydrogen-bond donors (Lipinski definition) is 3. The van der Waals surface area contributed by atoms with Crippen LogP contribution in [0.2, 0.25) is 0 Å². The van der Waals surface area contributed by atoms with Crippen molar-refractivity contribution in [3.63, 3.8) is 0 Å². The molecule has 0 bridgehead atoms. The Morgan fingerprint density at radius 3 is 2.67 bits per heavy atom. The smallest absolute Gasteiger partial charge is 0.261 e. The van der Waals surface area contributed by atoms with E-state index in [1.807, 2.05) is 13.0 Å². The average Bonchev–Trinajstić information content (AvgIpc) is 2.62. The number of rotatable bonds is 5. The van der Waals surface area contributed by atoms with Crippen molar-refractivity contribution in [3.05, 3.63) is 59.2 Å². The lowest BCUT2D eigenvalue weighted by Crippen LogP contribution is -2.45. The Labute approximate surface area is 160 Å². The summed E-state index contributed by atoms with van der Waals surface area (Å²) < 4.78 is 28.0. The third-order valence-electron chi connectivity index (χ3n) is 4.67. The minimum Gasteiger partial charge on any atom is -0.348 e. The number of amides is 1. The molecule has 1 aliphatic heterocycles. The Morgan fingerprint density at radius 1 is 1.15 bits per heavy atom. The first-order valence-corrected chi connectivity index (χ1v) is 10.6. The molecule has 1 aliphatic rings. The normalized spacial score (nSPS) is 17.3. The highest BCUT2D eigenvalue weighted by atomic mass is 32.2. The van der Waals surface area contributed by atoms with Crippen LogP contribution < -0.4 is 15.4 Å². The van der Waals surface area contributed by atoms with E-state index in [0.29, 0.717) is 11.3 Å². The Morgan fingerprint density at radius 2 is 1.96 bits per heavy atom. The van der Waals surface area contributed by atoms with E-state index in [0.717, 1.165) is 37.1 Å². The number of carbonyl (C=O) groups is 1. The number of benzene rings is 2. The van der Waals surface area contributed by atoms with Gasteiger partial charge < -0.3 is 10.6 Å². The van der Waals surface area contributed by atoms with Crippen LogP contribution in [0.4, 0.5) is 5.69 Å². The quantitative estimate of drug-likeness (QED) is 0.736. The van der Waals surface area contributed by atoms with Crippen molar-refractivity contribution >= 4 is 21.6 Å². The Hall–Kier alpha value is -2.38. The number of hydrogen-bond acceptors (Lipinski definition) is 4. The summed E-state index contributed by atoms with van der Waals surface area (Å²) in [6.45, 7) is 5.39. The number of sulfonamides is 1. The lowest BCUT2D eigenvalue weighted by atomic mass is 10.1. The van der Waals surface area contributed by atoms with E-state index in [4.69, 9.17) is 0 Å². The lowest BCUT2D eigenvalue weighted by Gasteiger charge is -2.24. The Kier molecular flexibility index (Phi) is 5.82. The van der Waals surface area contributed by atoms with E-state index in [1.165, 1.54) is 12.1 Å². The van der Waals surface area contributed by atoms with E-state index in [2.05, 4.69) is 15.4 Å². The van der Waals surface area contributed by atoms with Crippen molar-refractivity contribution in [2.75, 3.05) is 17.8 Å². The largest absolute Gasteiger partial charge is 0.348 e. The fourth-order valence-corrected chi connectivity index (χ4v) is 4.25. The van der Waals surface area contributed by atoms with Crippen molar-refractivity contribution in [1.29, 1.82) is 0 Å². The van der Waals surface area contributed by atoms with E-state index in [-0.39, 0.29) is 16.8 Å². The van der Waals surface area contributed by atoms with Gasteiger partial charge in [-0.25, -0.2) is 8.42 Å². The first kappa shape index (κ1) is 19.4. The minimum absolute atomic E-state index is 0.0660. The zero-order valence-corrected chi connectivity index (χ0v) is 16.4. The predicted octanol–water partition coefficient (Wildman–Crippen LogP) is 2.59. The summed E-state index contributed by atoms with van der Waals surface area (Å²) in [6, 6.07) is 11.8. The molecule has 6 nitrogen and oxygen atoms in total. The molecule has 0 unspecified atom stereocenters. The molecule has 3 rings (SSSR count). The molecule has 0 spiro atoms. The van der Waals surface area contributed by atoms with Crippen LogP contribution >= 0.6 is 0 Å². The molecule has 1 heterocycles. The van der Waals surface area contributed by atoms with Gasteiger partial charge in [0.1, 0.15) is 0 Å². The second kappa shape index (κ2) is 8.10. The number of nitrogens with one attached hydrogen (secondary N) is 3. The van der Waals surface area contributed by atoms with Crippen LogP contribution in [0.3, 0.4) is 0 Å². The van der Waals surface area contributed by atoms with Gasteiger partial charge in [0.05, 0.1) is 4.90 Å². The fourth-order valence-electron chi connectivity index (χ4n) is 3.17. The van der Waals surface area contributed by atoms with Crippen molar-refractivity contribution in [2.24, 2.45) is 0 Å². The molecule has 0 aromatic heterocycles. The summed E-state index contributed by atoms with van der Waals surface area (Å²) in [6.07, 6.45) is 1.93. The minimum atomic E-state index is -3.78. The molecule has 0 aliphatic carbocycles. The third kappa shape index (κ3) is 4.87. The highest BCUT2D eigenvalue weighted by Crippen LogP contribution is 2.20. The maximum Gasteiger partial charge on any atom is 0.261 e. The summed E-state index contributed by atoms with van der Waals surface area (Å²) in [5, 5.41) is 6.25. The molecule has 0 radical (unpaired) electrons. The van der Waals surface area contributed by atoms with Gasteiger partial charge in [-0.2, -0.15) is 0 Å². The maximum absolute atomic E-state index is 12.7. The van der Waals surface area contributed by atoms with Crippen LogP contribution in [0.25, 0.3) is 0 Å². The monoisotopic (exact) mass is 387 g/mol. The maximum atomic E-state index is 12.7. The van der Waals surface area contributed by atoms with Gasteiger partial charge in [0, 0.05) is 23.8 Å². The summed E-state index contributed by atoms with van der Waals surface area (Å²) in [4.78, 5) is 12.7. The van der Waals surface area contributed by atoms with Gasteiger partial charge in [-0.05, 0) is 68.6 Å². The fraction of sp³-hybridized carbons (Fsp3) is 0.350. The molecule has 1 atom stereocenters. The van der Waals surface area contributed by atoms with Crippen molar-refractivity contribution in [1.82, 2.24) is 10.6 Å². The molecule has 27 heavy (non-hydrogen) atoms. The zero-order valence-electron chi connectivity index (χ0n) is 15.6. The molecule has 2 aromatic rings. The van der Waals surface area contributed by atoms with Crippen LogP contribution in [-0.4, -0.2) is 33.5 Å². The van der Waals surface area contributed by atoms with Crippen LogP contribution in [0.1, 0.15) is 34.3 Å². The SMILES string of the molecule is Cc1cccc(NS(=O)(=O)c2ccc(C)c(C(=O)N[C@H]3CCCNC3)c2)c1. The second-order valence-electron chi connectivity index (χ2n) is 6.97. The van der Waals surface area contributed by atoms with Gasteiger partial charge in [0.2, 0.25) is 0 Å². The second-order valence-corrected chi connectivity index (χ2v) is 8.65. The molecule has 1 saturated heterocycles. The van der Waals surface area contributed by atoms with Gasteiger partial charge in [0.25, 0.3) is 15.9 Å². The first-order valence-electron chi connectivity index (χ1n) is 9.07. The topological polar surface area (TPSA) is 87.3 Å². The standard InChI is InChI=1S/C20H25N3O3S/c1-14-5-3-6-16(11-14)23-27(25,26)18-9-8-15(2)19(12-18)20(24)22-17-7-4-10-21-13-17/h3,5-6,8-9,11-12,17,21,23H,4,7,10,13H2,1-2H3,(H,22,24)/t17-/m0/s1. The number of aryl methyl sites for hydroxylation is 2. The molecular weight excluding hydrogens is 362 g/mol. The predicted molar refractivity (Wildman–Crippen MR) is 107 cm³/mol. The number of carbonyl (C=O) groups excluding carboxylic acids is 1. The summed E-state index contributed by atoms with van der Waals surface area (Å²) in [5.74, 6) is -0.242. The zero-order chi connectivity index (χ0) is 19.4.